The number of carbonyl (C=O) groups is 1. The molecule has 3 heteroatoms. The van der Waals surface area contributed by atoms with Crippen molar-refractivity contribution in [1.29, 1.82) is 0 Å². The van der Waals surface area contributed by atoms with Gasteiger partial charge in [0.25, 0.3) is 0 Å². The molecule has 0 radical (unpaired) electrons. The Morgan fingerprint density at radius 3 is 2.88 bits per heavy atom. The van der Waals surface area contributed by atoms with Crippen LogP contribution in [0.3, 0.4) is 0 Å². The SMILES string of the molecule is CC/C=C\CC1C(=NC)CC[C@H]1CC(N)=O. The molecule has 2 N–H and O–H groups in total. The Morgan fingerprint density at radius 1 is 1.56 bits per heavy atom. The summed E-state index contributed by atoms with van der Waals surface area (Å²) in [5, 5.41) is 0. The molecule has 0 aromatic rings. The summed E-state index contributed by atoms with van der Waals surface area (Å²) in [4.78, 5) is 15.3. The lowest BCUT2D eigenvalue weighted by atomic mass is 9.89. The predicted molar refractivity (Wildman–Crippen MR) is 67.4 cm³/mol. The fraction of sp³-hybridized carbons (Fsp3) is 0.692. The van der Waals surface area contributed by atoms with E-state index >= 15 is 0 Å². The van der Waals surface area contributed by atoms with E-state index in [0.29, 0.717) is 18.3 Å². The van der Waals surface area contributed by atoms with Gasteiger partial charge in [-0.3, -0.25) is 9.79 Å². The maximum atomic E-state index is 11.0. The Bertz CT molecular complexity index is 294. The van der Waals surface area contributed by atoms with E-state index in [1.54, 1.807) is 0 Å². The lowest BCUT2D eigenvalue weighted by Gasteiger charge is -2.16. The number of allylic oxidation sites excluding steroid dienone is 2. The van der Waals surface area contributed by atoms with E-state index in [1.165, 1.54) is 5.71 Å². The van der Waals surface area contributed by atoms with Gasteiger partial charge in [-0.2, -0.15) is 0 Å². The van der Waals surface area contributed by atoms with Gasteiger partial charge in [0.05, 0.1) is 0 Å². The predicted octanol–water partition coefficient (Wildman–Crippen LogP) is 2.32. The lowest BCUT2D eigenvalue weighted by molar-refractivity contribution is -0.119. The zero-order valence-corrected chi connectivity index (χ0v) is 10.3. The van der Waals surface area contributed by atoms with Crippen LogP contribution in [0.25, 0.3) is 0 Å². The molecule has 0 aromatic carbocycles. The van der Waals surface area contributed by atoms with Gasteiger partial charge in [-0.05, 0) is 31.6 Å². The van der Waals surface area contributed by atoms with Crippen LogP contribution in [0, 0.1) is 11.8 Å². The molecule has 0 aliphatic heterocycles. The molecule has 90 valence electrons. The first kappa shape index (κ1) is 12.9. The summed E-state index contributed by atoms with van der Waals surface area (Å²) >= 11 is 0. The third-order valence-electron chi connectivity index (χ3n) is 3.31. The first-order valence-corrected chi connectivity index (χ1v) is 6.07. The van der Waals surface area contributed by atoms with Crippen LogP contribution in [-0.4, -0.2) is 18.7 Å². The molecule has 3 nitrogen and oxygen atoms in total. The Labute approximate surface area is 97.8 Å². The van der Waals surface area contributed by atoms with Gasteiger partial charge in [-0.25, -0.2) is 0 Å². The summed E-state index contributed by atoms with van der Waals surface area (Å²) in [5.41, 5.74) is 6.54. The number of nitrogens with two attached hydrogens (primary N) is 1. The molecule has 0 bridgehead atoms. The van der Waals surface area contributed by atoms with Gasteiger partial charge in [-0.1, -0.05) is 19.1 Å². The highest BCUT2D eigenvalue weighted by atomic mass is 16.1. The smallest absolute Gasteiger partial charge is 0.217 e. The standard InChI is InChI=1S/C13H22N2O/c1-3-4-5-6-11-10(9-13(14)16)7-8-12(11)15-2/h4-5,10-11H,3,6-9H2,1-2H3,(H2,14,16)/b5-4-,15-12?/t10-,11?/m0/s1. The molecule has 1 fully saturated rings. The van der Waals surface area contributed by atoms with Crippen molar-refractivity contribution in [2.24, 2.45) is 22.6 Å². The van der Waals surface area contributed by atoms with Crippen LogP contribution in [0.2, 0.25) is 0 Å². The van der Waals surface area contributed by atoms with Crippen molar-refractivity contribution >= 4 is 11.6 Å². The van der Waals surface area contributed by atoms with Crippen molar-refractivity contribution in [2.45, 2.75) is 39.0 Å². The molecule has 16 heavy (non-hydrogen) atoms. The van der Waals surface area contributed by atoms with E-state index in [2.05, 4.69) is 24.1 Å². The van der Waals surface area contributed by atoms with Crippen LogP contribution in [-0.2, 0) is 4.79 Å². The molecule has 1 rings (SSSR count). The van der Waals surface area contributed by atoms with E-state index in [0.717, 1.165) is 25.7 Å². The first-order chi connectivity index (χ1) is 7.69. The van der Waals surface area contributed by atoms with Gasteiger partial charge >= 0.3 is 0 Å². The monoisotopic (exact) mass is 222 g/mol. The highest BCUT2D eigenvalue weighted by Crippen LogP contribution is 2.34. The minimum absolute atomic E-state index is 0.188. The van der Waals surface area contributed by atoms with E-state index in [-0.39, 0.29) is 5.91 Å². The van der Waals surface area contributed by atoms with Crippen LogP contribution < -0.4 is 5.73 Å². The van der Waals surface area contributed by atoms with Crippen molar-refractivity contribution in [2.75, 3.05) is 7.05 Å². The van der Waals surface area contributed by atoms with Gasteiger partial charge in [0.15, 0.2) is 0 Å². The quantitative estimate of drug-likeness (QED) is 0.713. The average molecular weight is 222 g/mol. The normalized spacial score (nSPS) is 28.0. The van der Waals surface area contributed by atoms with Crippen LogP contribution in [0.4, 0.5) is 0 Å². The summed E-state index contributed by atoms with van der Waals surface area (Å²) in [6.07, 6.45) is 9.02. The molecule has 2 atom stereocenters. The Morgan fingerprint density at radius 2 is 2.31 bits per heavy atom. The van der Waals surface area contributed by atoms with Gasteiger partial charge in [0.1, 0.15) is 0 Å². The fourth-order valence-corrected chi connectivity index (χ4v) is 2.51. The van der Waals surface area contributed by atoms with Gasteiger partial charge in [-0.15, -0.1) is 0 Å². The largest absolute Gasteiger partial charge is 0.370 e. The van der Waals surface area contributed by atoms with E-state index in [4.69, 9.17) is 5.73 Å². The molecular weight excluding hydrogens is 200 g/mol. The third-order valence-corrected chi connectivity index (χ3v) is 3.31. The van der Waals surface area contributed by atoms with Crippen molar-refractivity contribution in [1.82, 2.24) is 0 Å². The minimum atomic E-state index is -0.188. The van der Waals surface area contributed by atoms with Crippen molar-refractivity contribution < 1.29 is 4.79 Å². The van der Waals surface area contributed by atoms with Crippen LogP contribution in [0.1, 0.15) is 39.0 Å². The number of carbonyl (C=O) groups excluding carboxylic acids is 1. The zero-order valence-electron chi connectivity index (χ0n) is 10.3. The minimum Gasteiger partial charge on any atom is -0.370 e. The molecule has 0 heterocycles. The topological polar surface area (TPSA) is 55.4 Å². The van der Waals surface area contributed by atoms with Crippen molar-refractivity contribution in [3.05, 3.63) is 12.2 Å². The van der Waals surface area contributed by atoms with Crippen LogP contribution >= 0.6 is 0 Å². The van der Waals surface area contributed by atoms with Crippen LogP contribution in [0.15, 0.2) is 17.1 Å². The number of hydrogen-bond acceptors (Lipinski definition) is 2. The fourth-order valence-electron chi connectivity index (χ4n) is 2.51. The number of nitrogens with zero attached hydrogens (tertiary/aromatic N) is 1. The summed E-state index contributed by atoms with van der Waals surface area (Å²) in [7, 11) is 1.85. The highest BCUT2D eigenvalue weighted by molar-refractivity contribution is 5.90. The summed E-state index contributed by atoms with van der Waals surface area (Å²) in [5.74, 6) is 0.643. The number of amides is 1. The molecule has 1 aliphatic carbocycles. The Hall–Kier alpha value is -1.12. The molecule has 1 amide bonds. The van der Waals surface area contributed by atoms with E-state index < -0.39 is 0 Å². The molecule has 1 aliphatic rings. The third kappa shape index (κ3) is 3.47. The molecule has 0 aromatic heterocycles. The Kier molecular flexibility index (Phi) is 5.23. The van der Waals surface area contributed by atoms with Gasteiger partial charge in [0, 0.05) is 25.1 Å². The second-order valence-corrected chi connectivity index (χ2v) is 4.41. The number of hydrogen-bond donors (Lipinski definition) is 1. The maximum absolute atomic E-state index is 11.0. The molecular formula is C13H22N2O. The van der Waals surface area contributed by atoms with E-state index in [1.807, 2.05) is 7.05 Å². The second kappa shape index (κ2) is 6.46. The van der Waals surface area contributed by atoms with Gasteiger partial charge < -0.3 is 5.73 Å². The highest BCUT2D eigenvalue weighted by Gasteiger charge is 2.32. The van der Waals surface area contributed by atoms with Gasteiger partial charge in [0.2, 0.25) is 5.91 Å². The van der Waals surface area contributed by atoms with Crippen molar-refractivity contribution in [3.63, 3.8) is 0 Å². The van der Waals surface area contributed by atoms with Crippen molar-refractivity contribution in [3.8, 4) is 0 Å². The maximum Gasteiger partial charge on any atom is 0.217 e. The summed E-state index contributed by atoms with van der Waals surface area (Å²) in [6.45, 7) is 2.13. The number of aliphatic imine (C=N–C) groups is 1. The molecule has 0 spiro atoms. The zero-order chi connectivity index (χ0) is 12.0. The summed E-state index contributed by atoms with van der Waals surface area (Å²) in [6, 6.07) is 0. The first-order valence-electron chi connectivity index (χ1n) is 6.07. The average Bonchev–Trinajstić information content (AvgIpc) is 2.61. The summed E-state index contributed by atoms with van der Waals surface area (Å²) < 4.78 is 0. The molecule has 1 unspecified atom stereocenters. The number of primary amides is 1. The number of rotatable bonds is 5. The second-order valence-electron chi connectivity index (χ2n) is 4.41. The Balaban J connectivity index is 2.63. The molecule has 0 saturated heterocycles. The van der Waals surface area contributed by atoms with E-state index in [9.17, 15) is 4.79 Å². The van der Waals surface area contributed by atoms with Crippen LogP contribution in [0.5, 0.6) is 0 Å². The lowest BCUT2D eigenvalue weighted by Crippen LogP contribution is -2.21. The molecule has 1 saturated carbocycles.